The zero-order valence-electron chi connectivity index (χ0n) is 23.2. The van der Waals surface area contributed by atoms with Gasteiger partial charge < -0.3 is 25.3 Å². The van der Waals surface area contributed by atoms with E-state index in [-0.39, 0.29) is 28.9 Å². The van der Waals surface area contributed by atoms with Crippen molar-refractivity contribution < 1.29 is 18.7 Å². The summed E-state index contributed by atoms with van der Waals surface area (Å²) in [6.07, 6.45) is 7.79. The van der Waals surface area contributed by atoms with Crippen LogP contribution in [-0.4, -0.2) is 60.6 Å². The summed E-state index contributed by atoms with van der Waals surface area (Å²) in [4.78, 5) is 27.6. The molecular weight excluding hydrogens is 483 g/mol. The minimum atomic E-state index is -0.784. The second kappa shape index (κ2) is 10.5. The lowest BCUT2D eigenvalue weighted by Gasteiger charge is -2.31. The summed E-state index contributed by atoms with van der Waals surface area (Å²) in [5.41, 5.74) is 10.5. The molecule has 0 atom stereocenters. The Balaban J connectivity index is 1.45. The molecule has 7 nitrogen and oxygen atoms in total. The van der Waals surface area contributed by atoms with Gasteiger partial charge in [0.15, 0.2) is 5.78 Å². The third-order valence-electron chi connectivity index (χ3n) is 8.39. The van der Waals surface area contributed by atoms with E-state index in [1.165, 1.54) is 6.07 Å². The maximum absolute atomic E-state index is 15.5. The Hall–Kier alpha value is -2.71. The number of anilines is 1. The average molecular weight is 525 g/mol. The van der Waals surface area contributed by atoms with Crippen LogP contribution in [0.2, 0.25) is 0 Å². The highest BCUT2D eigenvalue weighted by molar-refractivity contribution is 6.01. The lowest BCUT2D eigenvalue weighted by Crippen LogP contribution is -2.32. The quantitative estimate of drug-likeness (QED) is 0.524. The second-order valence-electron chi connectivity index (χ2n) is 12.4. The number of nitrogens with two attached hydrogens (primary N) is 1. The van der Waals surface area contributed by atoms with Gasteiger partial charge in [-0.2, -0.15) is 0 Å². The smallest absolute Gasteiger partial charge is 0.253 e. The number of ether oxygens (including phenoxy) is 1. The number of benzene rings is 1. The monoisotopic (exact) mass is 524 g/mol. The molecule has 1 aromatic heterocycles. The van der Waals surface area contributed by atoms with Crippen molar-refractivity contribution in [3.05, 3.63) is 46.0 Å². The summed E-state index contributed by atoms with van der Waals surface area (Å²) in [5, 5.41) is 3.46. The molecule has 0 saturated heterocycles. The molecule has 5 rings (SSSR count). The number of hydrogen-bond acceptors (Lipinski definition) is 5. The van der Waals surface area contributed by atoms with Crippen LogP contribution in [0, 0.1) is 11.2 Å². The predicted molar refractivity (Wildman–Crippen MR) is 147 cm³/mol. The number of carbonyl (C=O) groups is 2. The number of halogens is 1. The van der Waals surface area contributed by atoms with Crippen LogP contribution in [0.4, 0.5) is 10.1 Å². The minimum absolute atomic E-state index is 0.0984. The standard InChI is InChI=1S/C30H41FN4O3/c1-30(2)16-25-27(26(36)17-30)21-6-5-7-24(21)35(25)19-14-22(31)28(29(32)37)23(15-19)33-18-8-10-20(11-9-18)38-13-12-34(3)4/h14-15,18,20,33H,5-13,16-17H2,1-4H3,(H2,32,37)/t18-,20-. The van der Waals surface area contributed by atoms with Crippen molar-refractivity contribution in [1.29, 1.82) is 0 Å². The number of aromatic nitrogens is 1. The first-order chi connectivity index (χ1) is 18.0. The molecule has 3 aliphatic carbocycles. The van der Waals surface area contributed by atoms with Gasteiger partial charge in [0.1, 0.15) is 5.82 Å². The Morgan fingerprint density at radius 1 is 1.16 bits per heavy atom. The van der Waals surface area contributed by atoms with E-state index >= 15 is 4.39 Å². The van der Waals surface area contributed by atoms with Gasteiger partial charge in [-0.15, -0.1) is 0 Å². The van der Waals surface area contributed by atoms with Crippen molar-refractivity contribution in [2.24, 2.45) is 11.1 Å². The van der Waals surface area contributed by atoms with Crippen LogP contribution < -0.4 is 11.1 Å². The van der Waals surface area contributed by atoms with Gasteiger partial charge in [-0.25, -0.2) is 4.39 Å². The molecule has 1 amide bonds. The maximum atomic E-state index is 15.5. The largest absolute Gasteiger partial charge is 0.382 e. The van der Waals surface area contributed by atoms with Gasteiger partial charge in [0.2, 0.25) is 0 Å². The van der Waals surface area contributed by atoms with Gasteiger partial charge in [0.05, 0.1) is 29.6 Å². The summed E-state index contributed by atoms with van der Waals surface area (Å²) >= 11 is 0. The molecule has 3 aliphatic rings. The van der Waals surface area contributed by atoms with E-state index in [1.807, 2.05) is 20.2 Å². The van der Waals surface area contributed by atoms with Gasteiger partial charge in [-0.1, -0.05) is 13.8 Å². The number of carbonyl (C=O) groups excluding carboxylic acids is 2. The SMILES string of the molecule is CN(C)CCO[C@H]1CC[C@H](Nc2cc(-n3c4c(c5c3CC(C)(C)CC5=O)CCC4)cc(F)c2C(N)=O)CC1. The van der Waals surface area contributed by atoms with Gasteiger partial charge >= 0.3 is 0 Å². The summed E-state index contributed by atoms with van der Waals surface area (Å²) in [7, 11) is 4.06. The topological polar surface area (TPSA) is 89.6 Å². The summed E-state index contributed by atoms with van der Waals surface area (Å²) in [6.45, 7) is 5.82. The lowest BCUT2D eigenvalue weighted by molar-refractivity contribution is 0.0196. The summed E-state index contributed by atoms with van der Waals surface area (Å²) in [6, 6.07) is 3.36. The summed E-state index contributed by atoms with van der Waals surface area (Å²) in [5.74, 6) is -1.23. The van der Waals surface area contributed by atoms with E-state index in [0.717, 1.165) is 80.4 Å². The van der Waals surface area contributed by atoms with E-state index in [1.54, 1.807) is 0 Å². The van der Waals surface area contributed by atoms with E-state index in [0.29, 0.717) is 24.4 Å². The molecule has 0 bridgehead atoms. The number of rotatable bonds is 8. The molecule has 3 N–H and O–H groups in total. The average Bonchev–Trinajstić information content (AvgIpc) is 3.38. The molecule has 1 fully saturated rings. The van der Waals surface area contributed by atoms with Crippen molar-refractivity contribution in [2.45, 2.75) is 83.8 Å². The molecule has 0 radical (unpaired) electrons. The third-order valence-corrected chi connectivity index (χ3v) is 8.39. The van der Waals surface area contributed by atoms with Crippen molar-refractivity contribution in [3.8, 4) is 5.69 Å². The van der Waals surface area contributed by atoms with Gasteiger partial charge in [-0.3, -0.25) is 9.59 Å². The molecule has 2 aromatic rings. The fraction of sp³-hybridized carbons (Fsp3) is 0.600. The molecule has 38 heavy (non-hydrogen) atoms. The first-order valence-corrected chi connectivity index (χ1v) is 14.0. The Bertz CT molecular complexity index is 1240. The Kier molecular flexibility index (Phi) is 7.40. The second-order valence-corrected chi connectivity index (χ2v) is 12.4. The van der Waals surface area contributed by atoms with E-state index in [9.17, 15) is 9.59 Å². The van der Waals surface area contributed by atoms with Crippen molar-refractivity contribution in [2.75, 3.05) is 32.6 Å². The zero-order valence-corrected chi connectivity index (χ0v) is 23.2. The highest BCUT2D eigenvalue weighted by atomic mass is 19.1. The molecule has 1 aromatic carbocycles. The zero-order chi connectivity index (χ0) is 27.2. The highest BCUT2D eigenvalue weighted by Gasteiger charge is 2.39. The molecule has 0 aliphatic heterocycles. The van der Waals surface area contributed by atoms with E-state index < -0.39 is 11.7 Å². The van der Waals surface area contributed by atoms with E-state index in [2.05, 4.69) is 28.6 Å². The van der Waals surface area contributed by atoms with E-state index in [4.69, 9.17) is 10.5 Å². The molecular formula is C30H41FN4O3. The number of ketones is 1. The number of Topliss-reactive ketones (excluding diaryl/α,β-unsaturated/α-hetero) is 1. The number of nitrogens with zero attached hydrogens (tertiary/aromatic N) is 2. The molecule has 8 heteroatoms. The number of likely N-dealkylation sites (N-methyl/N-ethyl adjacent to an activating group) is 1. The number of amides is 1. The minimum Gasteiger partial charge on any atom is -0.382 e. The third kappa shape index (κ3) is 5.25. The Labute approximate surface area is 224 Å². The van der Waals surface area contributed by atoms with Gasteiger partial charge in [0.25, 0.3) is 5.91 Å². The van der Waals surface area contributed by atoms with Crippen LogP contribution in [-0.2, 0) is 24.0 Å². The van der Waals surface area contributed by atoms with Crippen molar-refractivity contribution in [1.82, 2.24) is 9.47 Å². The molecule has 1 saturated carbocycles. The van der Waals surface area contributed by atoms with Crippen LogP contribution in [0.5, 0.6) is 0 Å². The van der Waals surface area contributed by atoms with Crippen molar-refractivity contribution >= 4 is 17.4 Å². The first-order valence-electron chi connectivity index (χ1n) is 14.0. The number of fused-ring (bicyclic) bond motifs is 3. The van der Waals surface area contributed by atoms with Gasteiger partial charge in [0, 0.05) is 36.0 Å². The van der Waals surface area contributed by atoms with Gasteiger partial charge in [-0.05, 0) is 88.6 Å². The molecule has 206 valence electrons. The molecule has 0 spiro atoms. The van der Waals surface area contributed by atoms with Crippen LogP contribution in [0.1, 0.15) is 90.0 Å². The number of primary amides is 1. The lowest BCUT2D eigenvalue weighted by atomic mass is 9.75. The van der Waals surface area contributed by atoms with Crippen LogP contribution >= 0.6 is 0 Å². The predicted octanol–water partition coefficient (Wildman–Crippen LogP) is 4.66. The number of hydrogen-bond donors (Lipinski definition) is 2. The van der Waals surface area contributed by atoms with Crippen LogP contribution in [0.3, 0.4) is 0 Å². The highest BCUT2D eigenvalue weighted by Crippen LogP contribution is 2.43. The fourth-order valence-corrected chi connectivity index (χ4v) is 6.62. The molecule has 1 heterocycles. The fourth-order valence-electron chi connectivity index (χ4n) is 6.62. The Morgan fingerprint density at radius 3 is 2.58 bits per heavy atom. The Morgan fingerprint density at radius 2 is 1.89 bits per heavy atom. The summed E-state index contributed by atoms with van der Waals surface area (Å²) < 4.78 is 23.7. The molecule has 0 unspecified atom stereocenters. The number of nitrogens with one attached hydrogen (secondary N) is 1. The van der Waals surface area contributed by atoms with Crippen molar-refractivity contribution in [3.63, 3.8) is 0 Å². The first kappa shape index (κ1) is 26.9. The van der Waals surface area contributed by atoms with Crippen LogP contribution in [0.25, 0.3) is 5.69 Å². The normalized spacial score (nSPS) is 22.4. The maximum Gasteiger partial charge on any atom is 0.253 e. The van der Waals surface area contributed by atoms with Crippen LogP contribution in [0.15, 0.2) is 12.1 Å².